The predicted molar refractivity (Wildman–Crippen MR) is 58.1 cm³/mol. The Morgan fingerprint density at radius 2 is 1.94 bits per heavy atom. The second-order valence-electron chi connectivity index (χ2n) is 3.40. The summed E-state index contributed by atoms with van der Waals surface area (Å²) in [4.78, 5) is 13.1. The summed E-state index contributed by atoms with van der Waals surface area (Å²) in [7, 11) is 1.32. The van der Waals surface area contributed by atoms with Crippen molar-refractivity contribution >= 4 is 5.97 Å². The number of nitriles is 2. The third-order valence-corrected chi connectivity index (χ3v) is 2.29. The molecule has 0 rings (SSSR count). The van der Waals surface area contributed by atoms with Gasteiger partial charge in [-0.2, -0.15) is 10.5 Å². The zero-order valence-electron chi connectivity index (χ0n) is 9.77. The first kappa shape index (κ1) is 14.4. The van der Waals surface area contributed by atoms with Crippen LogP contribution in [0.25, 0.3) is 0 Å². The van der Waals surface area contributed by atoms with Gasteiger partial charge in [-0.1, -0.05) is 19.8 Å². The van der Waals surface area contributed by atoms with Crippen molar-refractivity contribution in [3.05, 3.63) is 0 Å². The monoisotopic (exact) mass is 223 g/mol. The summed E-state index contributed by atoms with van der Waals surface area (Å²) in [6.07, 6.45) is 2.44. The summed E-state index contributed by atoms with van der Waals surface area (Å²) < 4.78 is 4.68. The van der Waals surface area contributed by atoms with Gasteiger partial charge in [0.15, 0.2) is 0 Å². The van der Waals surface area contributed by atoms with Gasteiger partial charge in [0, 0.05) is 0 Å². The molecule has 1 atom stereocenters. The fourth-order valence-electron chi connectivity index (χ4n) is 1.44. The SMILES string of the molecule is CCCCC(C(=O)OC)N(CC#N)CC#N. The van der Waals surface area contributed by atoms with Gasteiger partial charge in [0.1, 0.15) is 6.04 Å². The third kappa shape index (κ3) is 4.77. The van der Waals surface area contributed by atoms with E-state index in [1.807, 2.05) is 19.1 Å². The van der Waals surface area contributed by atoms with Gasteiger partial charge in [-0.25, -0.2) is 0 Å². The van der Waals surface area contributed by atoms with Crippen molar-refractivity contribution in [3.8, 4) is 12.1 Å². The summed E-state index contributed by atoms with van der Waals surface area (Å²) >= 11 is 0. The average Bonchev–Trinajstić information content (AvgIpc) is 2.29. The van der Waals surface area contributed by atoms with E-state index in [4.69, 9.17) is 10.5 Å². The lowest BCUT2D eigenvalue weighted by molar-refractivity contribution is -0.146. The molecule has 0 heterocycles. The quantitative estimate of drug-likeness (QED) is 0.476. The summed E-state index contributed by atoms with van der Waals surface area (Å²) in [5, 5.41) is 17.3. The molecular weight excluding hydrogens is 206 g/mol. The van der Waals surface area contributed by atoms with Crippen LogP contribution in [0.2, 0.25) is 0 Å². The molecule has 5 nitrogen and oxygen atoms in total. The van der Waals surface area contributed by atoms with E-state index < -0.39 is 6.04 Å². The number of rotatable bonds is 7. The van der Waals surface area contributed by atoms with Crippen LogP contribution < -0.4 is 0 Å². The molecule has 0 aliphatic rings. The van der Waals surface area contributed by atoms with E-state index in [1.165, 1.54) is 7.11 Å². The number of nitrogens with zero attached hydrogens (tertiary/aromatic N) is 3. The molecule has 0 aromatic carbocycles. The van der Waals surface area contributed by atoms with Crippen molar-refractivity contribution in [3.63, 3.8) is 0 Å². The fourth-order valence-corrected chi connectivity index (χ4v) is 1.44. The number of carbonyl (C=O) groups excluding carboxylic acids is 1. The average molecular weight is 223 g/mol. The van der Waals surface area contributed by atoms with Crippen molar-refractivity contribution in [1.29, 1.82) is 10.5 Å². The Balaban J connectivity index is 4.61. The molecule has 0 aromatic rings. The highest BCUT2D eigenvalue weighted by atomic mass is 16.5. The van der Waals surface area contributed by atoms with Gasteiger partial charge in [-0.3, -0.25) is 9.69 Å². The second-order valence-corrected chi connectivity index (χ2v) is 3.40. The van der Waals surface area contributed by atoms with Crippen LogP contribution in [0.3, 0.4) is 0 Å². The number of hydrogen-bond donors (Lipinski definition) is 0. The van der Waals surface area contributed by atoms with Crippen molar-refractivity contribution < 1.29 is 9.53 Å². The molecule has 5 heteroatoms. The molecule has 0 radical (unpaired) electrons. The Morgan fingerprint density at radius 1 is 1.38 bits per heavy atom. The highest BCUT2D eigenvalue weighted by molar-refractivity contribution is 5.75. The van der Waals surface area contributed by atoms with Crippen molar-refractivity contribution in [2.75, 3.05) is 20.2 Å². The van der Waals surface area contributed by atoms with Crippen LogP contribution in [0.5, 0.6) is 0 Å². The standard InChI is InChI=1S/C11H17N3O2/c1-3-4-5-10(11(15)16-2)14(8-6-12)9-7-13/h10H,3-5,8-9H2,1-2H3. The summed E-state index contributed by atoms with van der Waals surface area (Å²) in [5.41, 5.74) is 0. The van der Waals surface area contributed by atoms with Gasteiger partial charge in [-0.15, -0.1) is 0 Å². The number of methoxy groups -OCH3 is 1. The largest absolute Gasteiger partial charge is 0.468 e. The van der Waals surface area contributed by atoms with Gasteiger partial charge in [-0.05, 0) is 6.42 Å². The Bertz CT molecular complexity index is 275. The van der Waals surface area contributed by atoms with Crippen LogP contribution in [0.1, 0.15) is 26.2 Å². The highest BCUT2D eigenvalue weighted by Gasteiger charge is 2.25. The number of carbonyl (C=O) groups is 1. The minimum absolute atomic E-state index is 0.0665. The Kier molecular flexibility index (Phi) is 7.83. The fraction of sp³-hybridized carbons (Fsp3) is 0.727. The van der Waals surface area contributed by atoms with E-state index in [1.54, 1.807) is 4.90 Å². The van der Waals surface area contributed by atoms with Crippen LogP contribution in [-0.4, -0.2) is 37.1 Å². The smallest absolute Gasteiger partial charge is 0.323 e. The van der Waals surface area contributed by atoms with E-state index in [-0.39, 0.29) is 19.1 Å². The topological polar surface area (TPSA) is 77.1 Å². The normalized spacial score (nSPS) is 11.6. The summed E-state index contributed by atoms with van der Waals surface area (Å²) in [5.74, 6) is -0.376. The molecule has 0 aromatic heterocycles. The highest BCUT2D eigenvalue weighted by Crippen LogP contribution is 2.10. The summed E-state index contributed by atoms with van der Waals surface area (Å²) in [6, 6.07) is 3.43. The van der Waals surface area contributed by atoms with E-state index >= 15 is 0 Å². The molecule has 0 saturated carbocycles. The number of hydrogen-bond acceptors (Lipinski definition) is 5. The minimum Gasteiger partial charge on any atom is -0.468 e. The van der Waals surface area contributed by atoms with E-state index in [2.05, 4.69) is 4.74 Å². The van der Waals surface area contributed by atoms with Gasteiger partial charge in [0.2, 0.25) is 0 Å². The molecule has 0 aliphatic heterocycles. The van der Waals surface area contributed by atoms with Crippen LogP contribution in [-0.2, 0) is 9.53 Å². The number of unbranched alkanes of at least 4 members (excludes halogenated alkanes) is 1. The zero-order valence-corrected chi connectivity index (χ0v) is 9.77. The Hall–Kier alpha value is -1.59. The molecular formula is C11H17N3O2. The second kappa shape index (κ2) is 8.70. The lowest BCUT2D eigenvalue weighted by Gasteiger charge is -2.24. The number of ether oxygens (including phenoxy) is 1. The van der Waals surface area contributed by atoms with Gasteiger partial charge >= 0.3 is 5.97 Å². The molecule has 0 saturated heterocycles. The molecule has 88 valence electrons. The Labute approximate surface area is 96.2 Å². The Morgan fingerprint density at radius 3 is 2.31 bits per heavy atom. The molecule has 0 N–H and O–H groups in total. The molecule has 0 aliphatic carbocycles. The molecule has 0 amide bonds. The first-order valence-corrected chi connectivity index (χ1v) is 5.27. The molecule has 0 bridgehead atoms. The van der Waals surface area contributed by atoms with E-state index in [9.17, 15) is 4.79 Å². The maximum atomic E-state index is 11.5. The molecule has 1 unspecified atom stereocenters. The molecule has 0 fully saturated rings. The predicted octanol–water partition coefficient (Wildman–Crippen LogP) is 1.07. The van der Waals surface area contributed by atoms with Gasteiger partial charge < -0.3 is 4.74 Å². The van der Waals surface area contributed by atoms with Crippen molar-refractivity contribution in [2.45, 2.75) is 32.2 Å². The van der Waals surface area contributed by atoms with E-state index in [0.29, 0.717) is 6.42 Å². The van der Waals surface area contributed by atoms with Crippen LogP contribution >= 0.6 is 0 Å². The van der Waals surface area contributed by atoms with E-state index in [0.717, 1.165) is 12.8 Å². The molecule has 0 spiro atoms. The van der Waals surface area contributed by atoms with Crippen LogP contribution in [0, 0.1) is 22.7 Å². The van der Waals surface area contributed by atoms with Gasteiger partial charge in [0.25, 0.3) is 0 Å². The van der Waals surface area contributed by atoms with Crippen LogP contribution in [0.4, 0.5) is 0 Å². The third-order valence-electron chi connectivity index (χ3n) is 2.29. The first-order chi connectivity index (χ1) is 7.71. The maximum absolute atomic E-state index is 11.5. The van der Waals surface area contributed by atoms with Gasteiger partial charge in [0.05, 0.1) is 32.3 Å². The molecule has 16 heavy (non-hydrogen) atoms. The lowest BCUT2D eigenvalue weighted by atomic mass is 10.1. The summed E-state index contributed by atoms with van der Waals surface area (Å²) in [6.45, 7) is 2.15. The lowest BCUT2D eigenvalue weighted by Crippen LogP contribution is -2.42. The van der Waals surface area contributed by atoms with Crippen molar-refractivity contribution in [2.24, 2.45) is 0 Å². The number of esters is 1. The zero-order chi connectivity index (χ0) is 12.4. The van der Waals surface area contributed by atoms with Crippen LogP contribution in [0.15, 0.2) is 0 Å². The minimum atomic E-state index is -0.482. The maximum Gasteiger partial charge on any atom is 0.323 e. The first-order valence-electron chi connectivity index (χ1n) is 5.27. The van der Waals surface area contributed by atoms with Crippen molar-refractivity contribution in [1.82, 2.24) is 4.90 Å².